The molecule has 1 aliphatic heterocycles. The number of carbonyl (C=O) groups excluding carboxylic acids is 3. The van der Waals surface area contributed by atoms with Crippen molar-refractivity contribution in [2.75, 3.05) is 20.6 Å². The number of benzene rings is 1. The molecule has 1 aromatic carbocycles. The molecule has 6 heteroatoms. The van der Waals surface area contributed by atoms with E-state index >= 15 is 0 Å². The van der Waals surface area contributed by atoms with Crippen molar-refractivity contribution in [2.45, 2.75) is 51.6 Å². The third kappa shape index (κ3) is 5.42. The average molecular weight is 426 g/mol. The molecule has 3 rings (SSSR count). The van der Waals surface area contributed by atoms with E-state index in [2.05, 4.69) is 22.3 Å². The Balaban J connectivity index is 1.71. The fourth-order valence-corrected chi connectivity index (χ4v) is 4.57. The van der Waals surface area contributed by atoms with E-state index in [1.807, 2.05) is 58.3 Å². The van der Waals surface area contributed by atoms with Gasteiger partial charge >= 0.3 is 0 Å². The lowest BCUT2D eigenvalue weighted by atomic mass is 9.85. The predicted molar refractivity (Wildman–Crippen MR) is 121 cm³/mol. The Kier molecular flexibility index (Phi) is 7.65. The van der Waals surface area contributed by atoms with Crippen molar-refractivity contribution in [3.8, 4) is 0 Å². The first-order valence-electron chi connectivity index (χ1n) is 11.3. The Hall–Kier alpha value is -2.47. The Morgan fingerprint density at radius 3 is 2.16 bits per heavy atom. The first kappa shape index (κ1) is 23.2. The monoisotopic (exact) mass is 425 g/mol. The lowest BCUT2D eigenvalue weighted by molar-refractivity contribution is -0.148. The van der Waals surface area contributed by atoms with Crippen LogP contribution in [0.2, 0.25) is 0 Å². The summed E-state index contributed by atoms with van der Waals surface area (Å²) in [6, 6.07) is 9.54. The number of rotatable bonds is 9. The summed E-state index contributed by atoms with van der Waals surface area (Å²) in [6.45, 7) is 4.48. The number of likely N-dealkylation sites (N-methyl/N-ethyl adjacent to an activating group) is 1. The van der Waals surface area contributed by atoms with E-state index < -0.39 is 6.04 Å². The van der Waals surface area contributed by atoms with Crippen molar-refractivity contribution in [1.29, 1.82) is 0 Å². The van der Waals surface area contributed by atoms with Crippen LogP contribution in [0.5, 0.6) is 0 Å². The third-order valence-electron chi connectivity index (χ3n) is 6.41. The summed E-state index contributed by atoms with van der Waals surface area (Å²) in [5.74, 6) is -1.05. The summed E-state index contributed by atoms with van der Waals surface area (Å²) < 4.78 is 0. The topological polar surface area (TPSA) is 69.7 Å². The molecule has 3 amide bonds. The second kappa shape index (κ2) is 10.2. The second-order valence-corrected chi connectivity index (χ2v) is 9.40. The van der Waals surface area contributed by atoms with Gasteiger partial charge in [0.05, 0.1) is 11.8 Å². The van der Waals surface area contributed by atoms with E-state index in [9.17, 15) is 14.4 Å². The number of amides is 3. The zero-order valence-electron chi connectivity index (χ0n) is 19.1. The lowest BCUT2D eigenvalue weighted by Gasteiger charge is -2.29. The number of nitrogens with one attached hydrogen (secondary N) is 1. The minimum absolute atomic E-state index is 0.114. The van der Waals surface area contributed by atoms with Crippen LogP contribution in [0.15, 0.2) is 42.5 Å². The van der Waals surface area contributed by atoms with Crippen molar-refractivity contribution in [2.24, 2.45) is 17.8 Å². The number of hydrogen-bond acceptors (Lipinski definition) is 4. The van der Waals surface area contributed by atoms with Gasteiger partial charge in [-0.1, -0.05) is 56.3 Å². The van der Waals surface area contributed by atoms with Crippen LogP contribution in [0.25, 0.3) is 0 Å². The van der Waals surface area contributed by atoms with E-state index in [0.29, 0.717) is 25.8 Å². The Morgan fingerprint density at radius 1 is 1.06 bits per heavy atom. The van der Waals surface area contributed by atoms with E-state index in [4.69, 9.17) is 0 Å². The maximum atomic E-state index is 13.3. The number of fused-ring (bicyclic) bond motifs is 1. The zero-order chi connectivity index (χ0) is 22.5. The number of hydrogen-bond donors (Lipinski definition) is 1. The largest absolute Gasteiger partial charge is 0.353 e. The summed E-state index contributed by atoms with van der Waals surface area (Å²) in [5, 5.41) is 3.05. The SMILES string of the molecule is CC(C)CC(C(=O)NCC(Cc1ccccc1)N(C)C)N1C(=O)C2CC=CCC2C1=O. The predicted octanol–water partition coefficient (Wildman–Crippen LogP) is 2.64. The summed E-state index contributed by atoms with van der Waals surface area (Å²) in [6.07, 6.45) is 6.39. The lowest BCUT2D eigenvalue weighted by Crippen LogP contribution is -2.52. The van der Waals surface area contributed by atoms with E-state index in [1.165, 1.54) is 10.5 Å². The molecule has 1 aliphatic carbocycles. The highest BCUT2D eigenvalue weighted by atomic mass is 16.2. The van der Waals surface area contributed by atoms with Gasteiger partial charge in [-0.2, -0.15) is 0 Å². The van der Waals surface area contributed by atoms with Crippen molar-refractivity contribution < 1.29 is 14.4 Å². The Bertz CT molecular complexity index is 793. The molecule has 0 aromatic heterocycles. The molecule has 0 spiro atoms. The van der Waals surface area contributed by atoms with Gasteiger partial charge in [0.1, 0.15) is 6.04 Å². The molecule has 1 heterocycles. The van der Waals surface area contributed by atoms with Crippen LogP contribution in [-0.2, 0) is 20.8 Å². The van der Waals surface area contributed by atoms with Crippen LogP contribution in [0.4, 0.5) is 0 Å². The van der Waals surface area contributed by atoms with Crippen LogP contribution in [0.3, 0.4) is 0 Å². The van der Waals surface area contributed by atoms with E-state index in [-0.39, 0.29) is 41.5 Å². The van der Waals surface area contributed by atoms with E-state index in [1.54, 1.807) is 0 Å². The average Bonchev–Trinajstić information content (AvgIpc) is 3.00. The molecule has 168 valence electrons. The molecular weight excluding hydrogens is 390 g/mol. The minimum atomic E-state index is -0.745. The van der Waals surface area contributed by atoms with Crippen molar-refractivity contribution in [3.63, 3.8) is 0 Å². The molecule has 2 aliphatic rings. The van der Waals surface area contributed by atoms with Gasteiger partial charge in [0.25, 0.3) is 0 Å². The molecule has 1 saturated heterocycles. The van der Waals surface area contributed by atoms with Gasteiger partial charge in [0.2, 0.25) is 17.7 Å². The maximum Gasteiger partial charge on any atom is 0.243 e. The first-order valence-corrected chi connectivity index (χ1v) is 11.3. The molecule has 31 heavy (non-hydrogen) atoms. The maximum absolute atomic E-state index is 13.3. The van der Waals surface area contributed by atoms with Crippen LogP contribution in [0, 0.1) is 17.8 Å². The molecule has 1 N–H and O–H groups in total. The summed E-state index contributed by atoms with van der Waals surface area (Å²) >= 11 is 0. The molecule has 1 fully saturated rings. The highest BCUT2D eigenvalue weighted by Gasteiger charge is 2.51. The van der Waals surface area contributed by atoms with Gasteiger partial charge in [-0.05, 0) is 51.3 Å². The molecule has 0 radical (unpaired) electrons. The number of likely N-dealkylation sites (tertiary alicyclic amines) is 1. The normalized spacial score (nSPS) is 22.7. The zero-order valence-corrected chi connectivity index (χ0v) is 19.1. The van der Waals surface area contributed by atoms with Gasteiger partial charge in [0.15, 0.2) is 0 Å². The van der Waals surface area contributed by atoms with Gasteiger partial charge < -0.3 is 10.2 Å². The standard InChI is InChI=1S/C25H35N3O3/c1-17(2)14-22(28-24(30)20-12-8-9-13-21(20)25(28)31)23(29)26-16-19(27(3)4)15-18-10-6-5-7-11-18/h5-11,17,19-22H,12-16H2,1-4H3,(H,26,29). The van der Waals surface area contributed by atoms with Crippen molar-refractivity contribution >= 4 is 17.7 Å². The van der Waals surface area contributed by atoms with Crippen LogP contribution >= 0.6 is 0 Å². The van der Waals surface area contributed by atoms with Crippen molar-refractivity contribution in [1.82, 2.24) is 15.1 Å². The van der Waals surface area contributed by atoms with Gasteiger partial charge in [-0.25, -0.2) is 0 Å². The highest BCUT2D eigenvalue weighted by Crippen LogP contribution is 2.37. The molecule has 0 saturated carbocycles. The quantitative estimate of drug-likeness (QED) is 0.488. The molecule has 4 unspecified atom stereocenters. The molecule has 0 bridgehead atoms. The first-order chi connectivity index (χ1) is 14.8. The summed E-state index contributed by atoms with van der Waals surface area (Å²) in [5.41, 5.74) is 1.20. The van der Waals surface area contributed by atoms with Gasteiger partial charge in [-0.3, -0.25) is 19.3 Å². The van der Waals surface area contributed by atoms with Crippen molar-refractivity contribution in [3.05, 3.63) is 48.0 Å². The van der Waals surface area contributed by atoms with Gasteiger partial charge in [-0.15, -0.1) is 0 Å². The van der Waals surface area contributed by atoms with Crippen LogP contribution in [0.1, 0.15) is 38.7 Å². The molecule has 1 aromatic rings. The fraction of sp³-hybridized carbons (Fsp3) is 0.560. The second-order valence-electron chi connectivity index (χ2n) is 9.40. The van der Waals surface area contributed by atoms with Crippen LogP contribution in [-0.4, -0.2) is 60.2 Å². The highest BCUT2D eigenvalue weighted by molar-refractivity contribution is 6.08. The smallest absolute Gasteiger partial charge is 0.243 e. The summed E-state index contributed by atoms with van der Waals surface area (Å²) in [4.78, 5) is 42.7. The third-order valence-corrected chi connectivity index (χ3v) is 6.41. The van der Waals surface area contributed by atoms with E-state index in [0.717, 1.165) is 6.42 Å². The Morgan fingerprint density at radius 2 is 1.65 bits per heavy atom. The molecule has 6 nitrogen and oxygen atoms in total. The van der Waals surface area contributed by atoms with Gasteiger partial charge in [0, 0.05) is 12.6 Å². The molecule has 4 atom stereocenters. The van der Waals surface area contributed by atoms with Crippen LogP contribution < -0.4 is 5.32 Å². The number of nitrogens with zero attached hydrogens (tertiary/aromatic N) is 2. The summed E-state index contributed by atoms with van der Waals surface area (Å²) in [7, 11) is 3.99. The minimum Gasteiger partial charge on any atom is -0.353 e. The number of carbonyl (C=O) groups is 3. The molecular formula is C25H35N3O3. The number of allylic oxidation sites excluding steroid dienone is 2. The fourth-order valence-electron chi connectivity index (χ4n) is 4.57. The number of imide groups is 1. The Labute approximate surface area is 185 Å².